The van der Waals surface area contributed by atoms with E-state index in [2.05, 4.69) is 22.9 Å². The van der Waals surface area contributed by atoms with Gasteiger partial charge in [-0.2, -0.15) is 0 Å². The van der Waals surface area contributed by atoms with Crippen LogP contribution in [0, 0.1) is 5.92 Å². The third-order valence-electron chi connectivity index (χ3n) is 7.76. The number of hydrogen-bond donors (Lipinski definition) is 4. The number of nitrogens with zero attached hydrogens (tertiary/aromatic N) is 1. The number of unbranched alkanes of at least 4 members (excludes halogenated alkanes) is 12. The standard InChI is InChI=1S/C31H56N4O6/c1-5-6-7-8-9-10-11-12-13-14-15-16-17-20-26(36)33-24(4)29(39)34-28(23(2)3)31(41)35-21-18-19-25(35)30(40)32-22-27(37)38/h23-25,28H,5-22H2,1-4H3,(H,32,40)(H,33,36)(H,34,39)(H,37,38)/t24-,25-,28-/m0/s1. The van der Waals surface area contributed by atoms with Crippen molar-refractivity contribution in [2.24, 2.45) is 5.92 Å². The molecule has 1 aliphatic heterocycles. The van der Waals surface area contributed by atoms with Gasteiger partial charge < -0.3 is 26.0 Å². The highest BCUT2D eigenvalue weighted by molar-refractivity contribution is 5.95. The number of rotatable bonds is 22. The molecule has 0 aromatic heterocycles. The third kappa shape index (κ3) is 15.2. The number of carboxylic acids is 1. The van der Waals surface area contributed by atoms with Gasteiger partial charge in [0.25, 0.3) is 0 Å². The van der Waals surface area contributed by atoms with E-state index >= 15 is 0 Å². The van der Waals surface area contributed by atoms with E-state index in [9.17, 15) is 24.0 Å². The highest BCUT2D eigenvalue weighted by Gasteiger charge is 2.39. The van der Waals surface area contributed by atoms with E-state index in [4.69, 9.17) is 5.11 Å². The second kappa shape index (κ2) is 21.1. The molecular formula is C31H56N4O6. The van der Waals surface area contributed by atoms with Gasteiger partial charge in [0.2, 0.25) is 23.6 Å². The first-order valence-corrected chi connectivity index (χ1v) is 16.0. The minimum atomic E-state index is -1.16. The predicted octanol–water partition coefficient (Wildman–Crippen LogP) is 4.31. The molecule has 0 radical (unpaired) electrons. The van der Waals surface area contributed by atoms with Gasteiger partial charge in [0.1, 0.15) is 24.7 Å². The van der Waals surface area contributed by atoms with Crippen LogP contribution in [0.1, 0.15) is 130 Å². The lowest BCUT2D eigenvalue weighted by molar-refractivity contribution is -0.143. The number of amides is 4. The van der Waals surface area contributed by atoms with Gasteiger partial charge in [-0.05, 0) is 32.1 Å². The first kappa shape index (κ1) is 36.4. The van der Waals surface area contributed by atoms with E-state index in [0.717, 1.165) is 19.3 Å². The van der Waals surface area contributed by atoms with E-state index in [-0.39, 0.29) is 17.7 Å². The highest BCUT2D eigenvalue weighted by atomic mass is 16.4. The molecule has 0 spiro atoms. The van der Waals surface area contributed by atoms with Crippen molar-refractivity contribution >= 4 is 29.6 Å². The molecular weight excluding hydrogens is 524 g/mol. The van der Waals surface area contributed by atoms with E-state index in [0.29, 0.717) is 25.8 Å². The van der Waals surface area contributed by atoms with Crippen LogP contribution in [0.5, 0.6) is 0 Å². The molecule has 10 heteroatoms. The van der Waals surface area contributed by atoms with Crippen LogP contribution in [0.3, 0.4) is 0 Å². The molecule has 4 amide bonds. The van der Waals surface area contributed by atoms with Crippen LogP contribution in [0.2, 0.25) is 0 Å². The van der Waals surface area contributed by atoms with Crippen LogP contribution in [0.25, 0.3) is 0 Å². The lowest BCUT2D eigenvalue weighted by Gasteiger charge is -2.31. The van der Waals surface area contributed by atoms with Gasteiger partial charge >= 0.3 is 5.97 Å². The van der Waals surface area contributed by atoms with Gasteiger partial charge in [-0.15, -0.1) is 0 Å². The molecule has 0 aromatic carbocycles. The number of nitrogens with one attached hydrogen (secondary N) is 3. The predicted molar refractivity (Wildman–Crippen MR) is 160 cm³/mol. The maximum atomic E-state index is 13.3. The number of aliphatic carboxylic acids is 1. The van der Waals surface area contributed by atoms with Crippen LogP contribution in [-0.2, 0) is 24.0 Å². The van der Waals surface area contributed by atoms with Gasteiger partial charge in [-0.25, -0.2) is 0 Å². The molecule has 1 fully saturated rings. The third-order valence-corrected chi connectivity index (χ3v) is 7.76. The molecule has 4 N–H and O–H groups in total. The quantitative estimate of drug-likeness (QED) is 0.141. The fourth-order valence-electron chi connectivity index (χ4n) is 5.24. The topological polar surface area (TPSA) is 145 Å². The monoisotopic (exact) mass is 580 g/mol. The van der Waals surface area contributed by atoms with Gasteiger partial charge in [0.05, 0.1) is 0 Å². The highest BCUT2D eigenvalue weighted by Crippen LogP contribution is 2.20. The Labute approximate surface area is 247 Å². The first-order chi connectivity index (χ1) is 19.6. The van der Waals surface area contributed by atoms with Crippen LogP contribution in [-0.4, -0.2) is 70.8 Å². The van der Waals surface area contributed by atoms with E-state index in [1.54, 1.807) is 20.8 Å². The van der Waals surface area contributed by atoms with Gasteiger partial charge in [-0.3, -0.25) is 24.0 Å². The van der Waals surface area contributed by atoms with Crippen molar-refractivity contribution in [3.8, 4) is 0 Å². The Morgan fingerprint density at radius 3 is 1.85 bits per heavy atom. The maximum Gasteiger partial charge on any atom is 0.322 e. The molecule has 1 rings (SSSR count). The van der Waals surface area contributed by atoms with Crippen molar-refractivity contribution in [1.82, 2.24) is 20.9 Å². The summed E-state index contributed by atoms with van der Waals surface area (Å²) in [5, 5.41) is 16.6. The molecule has 0 saturated carbocycles. The van der Waals surface area contributed by atoms with Crippen molar-refractivity contribution in [3.05, 3.63) is 0 Å². The maximum absolute atomic E-state index is 13.3. The zero-order valence-corrected chi connectivity index (χ0v) is 26.0. The van der Waals surface area contributed by atoms with Crippen molar-refractivity contribution in [2.75, 3.05) is 13.1 Å². The number of carboxylic acid groups (broad SMARTS) is 1. The van der Waals surface area contributed by atoms with Crippen LogP contribution < -0.4 is 16.0 Å². The Morgan fingerprint density at radius 2 is 1.34 bits per heavy atom. The smallest absolute Gasteiger partial charge is 0.322 e. The summed E-state index contributed by atoms with van der Waals surface area (Å²) in [5.74, 6) is -2.94. The largest absolute Gasteiger partial charge is 0.480 e. The molecule has 1 saturated heterocycles. The minimum absolute atomic E-state index is 0.183. The van der Waals surface area contributed by atoms with E-state index in [1.807, 2.05) is 0 Å². The average molecular weight is 581 g/mol. The summed E-state index contributed by atoms with van der Waals surface area (Å²) in [6, 6.07) is -2.43. The summed E-state index contributed by atoms with van der Waals surface area (Å²) < 4.78 is 0. The SMILES string of the molecule is CCCCCCCCCCCCCCCC(=O)N[C@@H](C)C(=O)N[C@H](C(=O)N1CCC[C@H]1C(=O)NCC(=O)O)C(C)C. The summed E-state index contributed by atoms with van der Waals surface area (Å²) in [6.45, 7) is 7.28. The zero-order valence-electron chi connectivity index (χ0n) is 26.0. The number of likely N-dealkylation sites (tertiary alicyclic amines) is 1. The summed E-state index contributed by atoms with van der Waals surface area (Å²) in [4.78, 5) is 63.2. The Morgan fingerprint density at radius 1 is 0.805 bits per heavy atom. The van der Waals surface area contributed by atoms with Crippen LogP contribution in [0.15, 0.2) is 0 Å². The van der Waals surface area contributed by atoms with Crippen molar-refractivity contribution < 1.29 is 29.1 Å². The molecule has 0 bridgehead atoms. The lowest BCUT2D eigenvalue weighted by Crippen LogP contribution is -2.57. The molecule has 1 aliphatic rings. The number of carbonyl (C=O) groups is 5. The molecule has 0 aromatic rings. The Balaban J connectivity index is 2.33. The van der Waals surface area contributed by atoms with Crippen molar-refractivity contribution in [3.63, 3.8) is 0 Å². The Bertz CT molecular complexity index is 818. The average Bonchev–Trinajstić information content (AvgIpc) is 3.42. The van der Waals surface area contributed by atoms with Crippen LogP contribution >= 0.6 is 0 Å². The van der Waals surface area contributed by atoms with Gasteiger partial charge in [0.15, 0.2) is 0 Å². The van der Waals surface area contributed by atoms with Crippen LogP contribution in [0.4, 0.5) is 0 Å². The molecule has 3 atom stereocenters. The minimum Gasteiger partial charge on any atom is -0.480 e. The van der Waals surface area contributed by atoms with E-state index in [1.165, 1.54) is 69.1 Å². The molecule has 0 unspecified atom stereocenters. The fraction of sp³-hybridized carbons (Fsp3) is 0.839. The van der Waals surface area contributed by atoms with E-state index < -0.39 is 42.5 Å². The molecule has 41 heavy (non-hydrogen) atoms. The normalized spacial score (nSPS) is 16.3. The second-order valence-corrected chi connectivity index (χ2v) is 11.8. The number of carbonyl (C=O) groups excluding carboxylic acids is 4. The zero-order chi connectivity index (χ0) is 30.6. The van der Waals surface area contributed by atoms with Gasteiger partial charge in [-0.1, -0.05) is 97.8 Å². The summed E-state index contributed by atoms with van der Waals surface area (Å²) >= 11 is 0. The molecule has 236 valence electrons. The molecule has 0 aliphatic carbocycles. The summed E-state index contributed by atoms with van der Waals surface area (Å²) in [6.07, 6.45) is 17.4. The lowest BCUT2D eigenvalue weighted by atomic mass is 10.0. The molecule has 10 nitrogen and oxygen atoms in total. The second-order valence-electron chi connectivity index (χ2n) is 11.8. The number of hydrogen-bond acceptors (Lipinski definition) is 5. The van der Waals surface area contributed by atoms with Gasteiger partial charge in [0, 0.05) is 13.0 Å². The summed E-state index contributed by atoms with van der Waals surface area (Å²) in [5.41, 5.74) is 0. The van der Waals surface area contributed by atoms with Crippen molar-refractivity contribution in [1.29, 1.82) is 0 Å². The first-order valence-electron chi connectivity index (χ1n) is 16.0. The molecule has 1 heterocycles. The Kier molecular flexibility index (Phi) is 18.7. The van der Waals surface area contributed by atoms with Crippen molar-refractivity contribution in [2.45, 2.75) is 149 Å². The Hall–Kier alpha value is -2.65. The summed E-state index contributed by atoms with van der Waals surface area (Å²) in [7, 11) is 0. The fourth-order valence-corrected chi connectivity index (χ4v) is 5.24.